The van der Waals surface area contributed by atoms with Crippen LogP contribution in [0.4, 0.5) is 0 Å². The molecule has 1 saturated carbocycles. The zero-order valence-corrected chi connectivity index (χ0v) is 12.9. The van der Waals surface area contributed by atoms with Crippen molar-refractivity contribution in [1.29, 1.82) is 0 Å². The standard InChI is InChI=1S/C5H12.C4H8.3C2H6/c1-3-5-4-2;1-2-4-3-1;3*1-2/h3-5H2,1-2H3;1-4H2;3*1-2H3. The van der Waals surface area contributed by atoms with Crippen LogP contribution in [-0.2, 0) is 0 Å². The normalized spacial score (nSPS) is 10.4. The molecule has 0 unspecified atom stereocenters. The van der Waals surface area contributed by atoms with Crippen molar-refractivity contribution >= 4 is 0 Å². The van der Waals surface area contributed by atoms with E-state index in [9.17, 15) is 0 Å². The molecule has 0 amide bonds. The van der Waals surface area contributed by atoms with Gasteiger partial charge in [0.25, 0.3) is 0 Å². The second kappa shape index (κ2) is 48.3. The molecule has 0 saturated heterocycles. The van der Waals surface area contributed by atoms with Gasteiger partial charge in [-0.05, 0) is 0 Å². The molecule has 0 heteroatoms. The van der Waals surface area contributed by atoms with E-state index in [2.05, 4.69) is 13.8 Å². The summed E-state index contributed by atoms with van der Waals surface area (Å²) < 4.78 is 0. The summed E-state index contributed by atoms with van der Waals surface area (Å²) >= 11 is 0. The van der Waals surface area contributed by atoms with Crippen LogP contribution >= 0.6 is 0 Å². The Bertz CT molecular complexity index is 29.3. The molecule has 1 fully saturated rings. The lowest BCUT2D eigenvalue weighted by molar-refractivity contribution is 0.504. The molecule has 0 nitrogen and oxygen atoms in total. The summed E-state index contributed by atoms with van der Waals surface area (Å²) in [7, 11) is 0. The second-order valence-corrected chi connectivity index (χ2v) is 2.77. The van der Waals surface area contributed by atoms with Crippen LogP contribution in [-0.4, -0.2) is 0 Å². The summed E-state index contributed by atoms with van der Waals surface area (Å²) in [5.41, 5.74) is 0. The van der Waals surface area contributed by atoms with Gasteiger partial charge in [-0.1, -0.05) is 100 Å². The number of hydrogen-bond donors (Lipinski definition) is 0. The molecule has 0 aromatic heterocycles. The molecule has 0 radical (unpaired) electrons. The molecule has 0 aromatic rings. The molecule has 0 aliphatic heterocycles. The molecule has 1 aliphatic rings. The molecule has 0 bridgehead atoms. The van der Waals surface area contributed by atoms with Crippen molar-refractivity contribution < 1.29 is 0 Å². The summed E-state index contributed by atoms with van der Waals surface area (Å²) in [6.45, 7) is 16.4. The summed E-state index contributed by atoms with van der Waals surface area (Å²) in [6, 6.07) is 0. The van der Waals surface area contributed by atoms with Gasteiger partial charge in [-0.2, -0.15) is 0 Å². The monoisotopic (exact) mass is 218 g/mol. The Balaban J connectivity index is -0.0000000547. The average Bonchev–Trinajstić information content (AvgIpc) is 2.25. The largest absolute Gasteiger partial charge is 0.0683 e. The first kappa shape index (κ1) is 24.3. The van der Waals surface area contributed by atoms with Gasteiger partial charge in [-0.3, -0.25) is 0 Å². The first-order valence-electron chi connectivity index (χ1n) is 7.41. The Morgan fingerprint density at radius 2 is 0.733 bits per heavy atom. The van der Waals surface area contributed by atoms with E-state index in [1.54, 1.807) is 0 Å². The van der Waals surface area contributed by atoms with Crippen molar-refractivity contribution in [3.8, 4) is 0 Å². The smallest absolute Gasteiger partial charge is 0.0533 e. The van der Waals surface area contributed by atoms with Crippen LogP contribution < -0.4 is 0 Å². The first-order valence-corrected chi connectivity index (χ1v) is 7.41. The van der Waals surface area contributed by atoms with Gasteiger partial charge in [0, 0.05) is 0 Å². The van der Waals surface area contributed by atoms with Crippen molar-refractivity contribution in [2.24, 2.45) is 0 Å². The second-order valence-electron chi connectivity index (χ2n) is 2.77. The Hall–Kier alpha value is 0. The van der Waals surface area contributed by atoms with E-state index < -0.39 is 0 Å². The highest BCUT2D eigenvalue weighted by Crippen LogP contribution is 2.15. The highest BCUT2D eigenvalue weighted by atomic mass is 14.0. The maximum Gasteiger partial charge on any atom is -0.0533 e. The van der Waals surface area contributed by atoms with Crippen molar-refractivity contribution in [2.45, 2.75) is 100 Å². The SMILES string of the molecule is C1CCC1.CC.CC.CC.CCCCC. The van der Waals surface area contributed by atoms with Crippen molar-refractivity contribution in [3.05, 3.63) is 0 Å². The minimum atomic E-state index is 1.34. The van der Waals surface area contributed by atoms with E-state index in [1.807, 2.05) is 41.5 Å². The zero-order valence-electron chi connectivity index (χ0n) is 12.9. The molecule has 0 N–H and O–H groups in total. The predicted octanol–water partition coefficient (Wildman–Crippen LogP) is 6.84. The maximum absolute atomic E-state index is 2.21. The Morgan fingerprint density at radius 3 is 0.733 bits per heavy atom. The van der Waals surface area contributed by atoms with Gasteiger partial charge in [0.15, 0.2) is 0 Å². The van der Waals surface area contributed by atoms with E-state index in [1.165, 1.54) is 44.9 Å². The molecule has 1 aliphatic carbocycles. The summed E-state index contributed by atoms with van der Waals surface area (Å²) in [5, 5.41) is 0. The third-order valence-corrected chi connectivity index (χ3v) is 1.71. The summed E-state index contributed by atoms with van der Waals surface area (Å²) in [4.78, 5) is 0. The first-order chi connectivity index (χ1) is 7.41. The number of hydrogen-bond acceptors (Lipinski definition) is 0. The minimum Gasteiger partial charge on any atom is -0.0683 e. The van der Waals surface area contributed by atoms with E-state index >= 15 is 0 Å². The van der Waals surface area contributed by atoms with Gasteiger partial charge in [0.05, 0.1) is 0 Å². The zero-order chi connectivity index (χ0) is 12.9. The Morgan fingerprint density at radius 1 is 0.533 bits per heavy atom. The molecule has 0 heterocycles. The molecule has 0 spiro atoms. The van der Waals surface area contributed by atoms with Crippen LogP contribution in [0.2, 0.25) is 0 Å². The minimum absolute atomic E-state index is 1.34. The third kappa shape index (κ3) is 56.0. The van der Waals surface area contributed by atoms with Gasteiger partial charge in [0.1, 0.15) is 0 Å². The van der Waals surface area contributed by atoms with E-state index in [0.29, 0.717) is 0 Å². The third-order valence-electron chi connectivity index (χ3n) is 1.71. The molecule has 1 rings (SSSR count). The van der Waals surface area contributed by atoms with Crippen LogP contribution in [0, 0.1) is 0 Å². The predicted molar refractivity (Wildman–Crippen MR) is 77.7 cm³/mol. The highest BCUT2D eigenvalue weighted by Gasteiger charge is 1.95. The van der Waals surface area contributed by atoms with Gasteiger partial charge in [-0.15, -0.1) is 0 Å². The molecule has 98 valence electrons. The molecular formula is C15H38. The lowest BCUT2D eigenvalue weighted by Gasteiger charge is -2.05. The fourth-order valence-electron chi connectivity index (χ4n) is 0.604. The lowest BCUT2D eigenvalue weighted by atomic mass is 10.0. The van der Waals surface area contributed by atoms with E-state index in [4.69, 9.17) is 0 Å². The topological polar surface area (TPSA) is 0 Å². The molecule has 0 aromatic carbocycles. The molecular weight excluding hydrogens is 180 g/mol. The van der Waals surface area contributed by atoms with Gasteiger partial charge in [0.2, 0.25) is 0 Å². The lowest BCUT2D eigenvalue weighted by Crippen LogP contribution is -1.85. The fraction of sp³-hybridized carbons (Fsp3) is 1.00. The number of unbranched alkanes of at least 4 members (excludes halogenated alkanes) is 2. The Kier molecular flexibility index (Phi) is 78.2. The summed E-state index contributed by atoms with van der Waals surface area (Å²) in [6.07, 6.45) is 10.1. The molecule has 0 atom stereocenters. The Labute approximate surface area is 101 Å². The van der Waals surface area contributed by atoms with Crippen molar-refractivity contribution in [1.82, 2.24) is 0 Å². The van der Waals surface area contributed by atoms with Crippen molar-refractivity contribution in [2.75, 3.05) is 0 Å². The van der Waals surface area contributed by atoms with Crippen LogP contribution in [0.5, 0.6) is 0 Å². The van der Waals surface area contributed by atoms with Gasteiger partial charge >= 0.3 is 0 Å². The summed E-state index contributed by atoms with van der Waals surface area (Å²) in [5.74, 6) is 0. The van der Waals surface area contributed by atoms with Gasteiger partial charge < -0.3 is 0 Å². The average molecular weight is 218 g/mol. The van der Waals surface area contributed by atoms with Crippen LogP contribution in [0.3, 0.4) is 0 Å². The van der Waals surface area contributed by atoms with E-state index in [0.717, 1.165) is 0 Å². The molecule has 15 heavy (non-hydrogen) atoms. The highest BCUT2D eigenvalue weighted by molar-refractivity contribution is 4.50. The maximum atomic E-state index is 2.21. The van der Waals surface area contributed by atoms with Crippen LogP contribution in [0.1, 0.15) is 100 Å². The van der Waals surface area contributed by atoms with E-state index in [-0.39, 0.29) is 0 Å². The number of rotatable bonds is 2. The van der Waals surface area contributed by atoms with Crippen molar-refractivity contribution in [3.63, 3.8) is 0 Å². The quantitative estimate of drug-likeness (QED) is 0.476. The van der Waals surface area contributed by atoms with Crippen LogP contribution in [0.15, 0.2) is 0 Å². The fourth-order valence-corrected chi connectivity index (χ4v) is 0.604. The van der Waals surface area contributed by atoms with Crippen LogP contribution in [0.25, 0.3) is 0 Å². The van der Waals surface area contributed by atoms with Gasteiger partial charge in [-0.25, -0.2) is 0 Å².